The summed E-state index contributed by atoms with van der Waals surface area (Å²) in [6, 6.07) is 5.88. The lowest BCUT2D eigenvalue weighted by Crippen LogP contribution is -2.44. The Balaban J connectivity index is 2.00. The SMILES string of the molecule is CSCCC(NC(=O)C1CC(=O)N(c2ccc(Cl)cc2)C1)C(=O)O. The lowest BCUT2D eigenvalue weighted by atomic mass is 10.1. The van der Waals surface area contributed by atoms with Gasteiger partial charge in [0, 0.05) is 23.7 Å². The molecule has 1 saturated heterocycles. The Morgan fingerprint density at radius 3 is 2.67 bits per heavy atom. The van der Waals surface area contributed by atoms with E-state index in [1.54, 1.807) is 24.3 Å². The van der Waals surface area contributed by atoms with Gasteiger partial charge in [0.05, 0.1) is 5.92 Å². The number of aliphatic carboxylic acids is 1. The van der Waals surface area contributed by atoms with Gasteiger partial charge in [0.1, 0.15) is 6.04 Å². The first-order valence-electron chi connectivity index (χ1n) is 7.50. The maximum Gasteiger partial charge on any atom is 0.326 e. The topological polar surface area (TPSA) is 86.7 Å². The van der Waals surface area contributed by atoms with E-state index in [1.807, 2.05) is 6.26 Å². The first kappa shape index (κ1) is 18.6. The van der Waals surface area contributed by atoms with Gasteiger partial charge in [-0.1, -0.05) is 11.6 Å². The van der Waals surface area contributed by atoms with Gasteiger partial charge >= 0.3 is 5.97 Å². The Bertz CT molecular complexity index is 623. The number of amides is 2. The van der Waals surface area contributed by atoms with E-state index in [0.717, 1.165) is 0 Å². The first-order valence-corrected chi connectivity index (χ1v) is 9.27. The Labute approximate surface area is 149 Å². The second-order valence-corrected chi connectivity index (χ2v) is 6.98. The summed E-state index contributed by atoms with van der Waals surface area (Å²) in [5, 5.41) is 12.3. The van der Waals surface area contributed by atoms with Crippen LogP contribution >= 0.6 is 23.4 Å². The van der Waals surface area contributed by atoms with Crippen LogP contribution in [0.4, 0.5) is 5.69 Å². The zero-order valence-electron chi connectivity index (χ0n) is 13.2. The molecule has 1 aliphatic heterocycles. The van der Waals surface area contributed by atoms with Crippen LogP contribution in [-0.4, -0.2) is 47.5 Å². The van der Waals surface area contributed by atoms with Gasteiger partial charge in [-0.2, -0.15) is 11.8 Å². The number of thioether (sulfide) groups is 1. The molecule has 0 bridgehead atoms. The van der Waals surface area contributed by atoms with Crippen molar-refractivity contribution in [3.05, 3.63) is 29.3 Å². The number of carboxylic acid groups (broad SMARTS) is 1. The number of hydrogen-bond acceptors (Lipinski definition) is 4. The molecule has 1 aliphatic rings. The molecule has 1 aromatic carbocycles. The van der Waals surface area contributed by atoms with Crippen LogP contribution in [0, 0.1) is 5.92 Å². The summed E-state index contributed by atoms with van der Waals surface area (Å²) in [7, 11) is 0. The zero-order valence-corrected chi connectivity index (χ0v) is 14.8. The number of halogens is 1. The summed E-state index contributed by atoms with van der Waals surface area (Å²) >= 11 is 7.36. The molecule has 130 valence electrons. The van der Waals surface area contributed by atoms with Gasteiger partial charge < -0.3 is 15.3 Å². The predicted molar refractivity (Wildman–Crippen MR) is 94.5 cm³/mol. The van der Waals surface area contributed by atoms with Gasteiger partial charge in [0.2, 0.25) is 11.8 Å². The summed E-state index contributed by atoms with van der Waals surface area (Å²) in [5.74, 6) is -1.53. The van der Waals surface area contributed by atoms with Crippen molar-refractivity contribution >= 4 is 46.8 Å². The van der Waals surface area contributed by atoms with Crippen molar-refractivity contribution in [3.63, 3.8) is 0 Å². The quantitative estimate of drug-likeness (QED) is 0.766. The molecule has 2 atom stereocenters. The molecule has 6 nitrogen and oxygen atoms in total. The molecular formula is C16H19ClN2O4S. The maximum atomic E-state index is 12.3. The summed E-state index contributed by atoms with van der Waals surface area (Å²) in [4.78, 5) is 37.2. The highest BCUT2D eigenvalue weighted by Crippen LogP contribution is 2.26. The number of carbonyl (C=O) groups is 3. The highest BCUT2D eigenvalue weighted by molar-refractivity contribution is 7.98. The largest absolute Gasteiger partial charge is 0.480 e. The minimum absolute atomic E-state index is 0.0727. The van der Waals surface area contributed by atoms with Crippen LogP contribution in [0.3, 0.4) is 0 Å². The third-order valence-corrected chi connectivity index (χ3v) is 4.76. The Hall–Kier alpha value is -1.73. The highest BCUT2D eigenvalue weighted by Gasteiger charge is 2.36. The van der Waals surface area contributed by atoms with Crippen LogP contribution in [0.25, 0.3) is 0 Å². The van der Waals surface area contributed by atoms with Crippen molar-refractivity contribution in [1.82, 2.24) is 5.32 Å². The van der Waals surface area contributed by atoms with E-state index in [2.05, 4.69) is 5.32 Å². The van der Waals surface area contributed by atoms with E-state index in [1.165, 1.54) is 16.7 Å². The summed E-state index contributed by atoms with van der Waals surface area (Å²) in [6.45, 7) is 0.237. The minimum atomic E-state index is -1.06. The van der Waals surface area contributed by atoms with Gasteiger partial charge in [-0.25, -0.2) is 4.79 Å². The van der Waals surface area contributed by atoms with Crippen LogP contribution in [0.5, 0.6) is 0 Å². The average Bonchev–Trinajstić information content (AvgIpc) is 2.93. The second-order valence-electron chi connectivity index (χ2n) is 5.56. The van der Waals surface area contributed by atoms with E-state index < -0.39 is 23.8 Å². The molecule has 8 heteroatoms. The zero-order chi connectivity index (χ0) is 17.7. The normalized spacial score (nSPS) is 18.5. The maximum absolute atomic E-state index is 12.3. The molecule has 0 aliphatic carbocycles. The number of nitrogens with one attached hydrogen (secondary N) is 1. The van der Waals surface area contributed by atoms with Crippen LogP contribution in [0.2, 0.25) is 5.02 Å². The van der Waals surface area contributed by atoms with Crippen molar-refractivity contribution in [1.29, 1.82) is 0 Å². The third-order valence-electron chi connectivity index (χ3n) is 3.86. The molecule has 0 saturated carbocycles. The molecule has 2 amide bonds. The van der Waals surface area contributed by atoms with Gasteiger partial charge in [-0.3, -0.25) is 9.59 Å². The molecule has 1 aromatic rings. The Morgan fingerprint density at radius 1 is 1.42 bits per heavy atom. The average molecular weight is 371 g/mol. The summed E-state index contributed by atoms with van der Waals surface area (Å²) in [5.41, 5.74) is 0.678. The molecule has 2 unspecified atom stereocenters. The first-order chi connectivity index (χ1) is 11.4. The number of carbonyl (C=O) groups excluding carboxylic acids is 2. The van der Waals surface area contributed by atoms with Crippen molar-refractivity contribution in [2.75, 3.05) is 23.5 Å². The summed E-state index contributed by atoms with van der Waals surface area (Å²) in [6.07, 6.45) is 2.30. The van der Waals surface area contributed by atoms with Crippen molar-refractivity contribution < 1.29 is 19.5 Å². The van der Waals surface area contributed by atoms with E-state index in [4.69, 9.17) is 11.6 Å². The van der Waals surface area contributed by atoms with Crippen molar-refractivity contribution in [2.24, 2.45) is 5.92 Å². The van der Waals surface area contributed by atoms with Gasteiger partial charge in [0.15, 0.2) is 0 Å². The summed E-state index contributed by atoms with van der Waals surface area (Å²) < 4.78 is 0. The van der Waals surface area contributed by atoms with E-state index >= 15 is 0 Å². The van der Waals surface area contributed by atoms with E-state index in [0.29, 0.717) is 22.9 Å². The molecule has 1 fully saturated rings. The molecule has 2 N–H and O–H groups in total. The minimum Gasteiger partial charge on any atom is -0.480 e. The number of anilines is 1. The van der Waals surface area contributed by atoms with E-state index in [9.17, 15) is 19.5 Å². The molecule has 0 aromatic heterocycles. The number of carboxylic acids is 1. The van der Waals surface area contributed by atoms with Crippen molar-refractivity contribution in [2.45, 2.75) is 18.9 Å². The molecule has 1 heterocycles. The number of nitrogens with zero attached hydrogens (tertiary/aromatic N) is 1. The van der Waals surface area contributed by atoms with Crippen LogP contribution < -0.4 is 10.2 Å². The monoisotopic (exact) mass is 370 g/mol. The number of benzene rings is 1. The smallest absolute Gasteiger partial charge is 0.326 e. The third kappa shape index (κ3) is 4.64. The highest BCUT2D eigenvalue weighted by atomic mass is 35.5. The predicted octanol–water partition coefficient (Wildman–Crippen LogP) is 2.02. The lowest BCUT2D eigenvalue weighted by molar-refractivity contribution is -0.142. The fraction of sp³-hybridized carbons (Fsp3) is 0.438. The molecule has 2 rings (SSSR count). The number of rotatable bonds is 7. The van der Waals surface area contributed by atoms with Crippen LogP contribution in [0.15, 0.2) is 24.3 Å². The molecule has 24 heavy (non-hydrogen) atoms. The standard InChI is InChI=1S/C16H19ClN2O4S/c1-24-7-6-13(16(22)23)18-15(21)10-8-14(20)19(9-10)12-4-2-11(17)3-5-12/h2-5,10,13H,6-9H2,1H3,(H,18,21)(H,22,23). The Morgan fingerprint density at radius 2 is 2.08 bits per heavy atom. The Kier molecular flexibility index (Phi) is 6.51. The lowest BCUT2D eigenvalue weighted by Gasteiger charge is -2.18. The van der Waals surface area contributed by atoms with Gasteiger partial charge in [0.25, 0.3) is 0 Å². The molecule has 0 spiro atoms. The fourth-order valence-corrected chi connectivity index (χ4v) is 3.13. The second kappa shape index (κ2) is 8.39. The van der Waals surface area contributed by atoms with Crippen molar-refractivity contribution in [3.8, 4) is 0 Å². The van der Waals surface area contributed by atoms with Crippen LogP contribution in [-0.2, 0) is 14.4 Å². The van der Waals surface area contributed by atoms with E-state index in [-0.39, 0.29) is 18.9 Å². The molecule has 0 radical (unpaired) electrons. The fourth-order valence-electron chi connectivity index (χ4n) is 2.54. The number of hydrogen-bond donors (Lipinski definition) is 2. The van der Waals surface area contributed by atoms with Gasteiger partial charge in [-0.15, -0.1) is 0 Å². The molecular weight excluding hydrogens is 352 g/mol. The van der Waals surface area contributed by atoms with Gasteiger partial charge in [-0.05, 0) is 42.7 Å². The van der Waals surface area contributed by atoms with Crippen LogP contribution in [0.1, 0.15) is 12.8 Å².